The molecule has 0 spiro atoms. The van der Waals surface area contributed by atoms with E-state index in [0.29, 0.717) is 23.9 Å². The Kier molecular flexibility index (Phi) is 70.6. The maximum Gasteiger partial charge on any atom is 0.268 e. The molecule has 0 bridgehead atoms. The number of phosphoric ester groups is 1. The first-order valence-electron chi connectivity index (χ1n) is 39.6. The topological polar surface area (TPSA) is 108 Å². The second kappa shape index (κ2) is 72.7. The average Bonchev–Trinajstić information content (AvgIpc) is 2.63. The number of hydrogen-bond donors (Lipinski definition) is 2. The van der Waals surface area contributed by atoms with Crippen LogP contribution in [0.3, 0.4) is 0 Å². The standard InChI is InChI=1S/C83H153N2O6P/c1-6-8-10-12-14-16-18-20-22-24-26-28-30-32-34-36-37-38-39-40-41-42-43-44-45-46-47-49-51-53-55-57-59-61-63-65-67-69-71-73-75-77-83(87)84-81(80-91-92(88,89)90-79-78-85(3,4)5)82(86)76-74-72-70-68-66-64-62-60-58-56-54-52-50-48-35-33-31-29-27-25-23-21-19-17-15-13-11-9-7-2/h8,10,14,16,20,22,26,28,32,34,37-38,40-41,43-44,81-82,86H,6-7,9,11-13,15,17-19,21,23-25,27,29-31,33,35-36,39,42,45-80H2,1-5H3,(H-,84,87,88,89)/b10-8-,16-14-,22-20-,28-26-,34-32-,38-37-,41-40-,44-43-. The SMILES string of the molecule is CC/C=C\C/C=C\C/C=C\C/C=C\C/C=C\C/C=C\C/C=C\C/C=C\CCCCCCCCCCCCCCCCCCC(=O)NC(COP(=O)([O-])OCC[N+](C)(C)C)C(O)CCCCCCCCCCCCCCCCCCCCCCCCCCCCCCC. The highest BCUT2D eigenvalue weighted by molar-refractivity contribution is 7.45. The monoisotopic (exact) mass is 1310 g/mol. The molecular formula is C83H153N2O6P. The van der Waals surface area contributed by atoms with Crippen LogP contribution in [-0.4, -0.2) is 68.5 Å². The summed E-state index contributed by atoms with van der Waals surface area (Å²) in [6.07, 6.45) is 105. The number of carbonyl (C=O) groups excluding carboxylic acids is 1. The molecule has 0 aromatic heterocycles. The quantitative estimate of drug-likeness (QED) is 0.0272. The van der Waals surface area contributed by atoms with Gasteiger partial charge in [0.25, 0.3) is 7.82 Å². The van der Waals surface area contributed by atoms with Crippen LogP contribution in [0.4, 0.5) is 0 Å². The van der Waals surface area contributed by atoms with Gasteiger partial charge in [0.05, 0.1) is 39.9 Å². The van der Waals surface area contributed by atoms with Crippen molar-refractivity contribution in [3.05, 3.63) is 97.2 Å². The average molecular weight is 1310 g/mol. The second-order valence-corrected chi connectivity index (χ2v) is 29.5. The van der Waals surface area contributed by atoms with Crippen LogP contribution in [0.15, 0.2) is 97.2 Å². The third-order valence-electron chi connectivity index (χ3n) is 17.8. The highest BCUT2D eigenvalue weighted by Crippen LogP contribution is 2.38. The Labute approximate surface area is 572 Å². The van der Waals surface area contributed by atoms with Crippen LogP contribution in [0.2, 0.25) is 0 Å². The molecule has 2 N–H and O–H groups in total. The molecule has 3 unspecified atom stereocenters. The Morgan fingerprint density at radius 3 is 0.967 bits per heavy atom. The molecule has 0 aromatic carbocycles. The van der Waals surface area contributed by atoms with Gasteiger partial charge >= 0.3 is 0 Å². The van der Waals surface area contributed by atoms with Gasteiger partial charge in [0.15, 0.2) is 0 Å². The van der Waals surface area contributed by atoms with E-state index in [-0.39, 0.29) is 19.1 Å². The first-order chi connectivity index (χ1) is 45.0. The number of likely N-dealkylation sites (N-methyl/N-ethyl adjacent to an activating group) is 1. The summed E-state index contributed by atoms with van der Waals surface area (Å²) in [5.41, 5.74) is 0. The van der Waals surface area contributed by atoms with Gasteiger partial charge in [-0.15, -0.1) is 0 Å². The van der Waals surface area contributed by atoms with E-state index in [4.69, 9.17) is 9.05 Å². The summed E-state index contributed by atoms with van der Waals surface area (Å²) in [7, 11) is 1.31. The van der Waals surface area contributed by atoms with E-state index in [9.17, 15) is 19.4 Å². The Hall–Kier alpha value is -2.58. The van der Waals surface area contributed by atoms with Gasteiger partial charge in [0.1, 0.15) is 13.2 Å². The van der Waals surface area contributed by atoms with E-state index < -0.39 is 20.0 Å². The summed E-state index contributed by atoms with van der Waals surface area (Å²) in [6, 6.07) is -0.807. The molecule has 0 fully saturated rings. The Morgan fingerprint density at radius 2 is 0.663 bits per heavy atom. The van der Waals surface area contributed by atoms with Crippen molar-refractivity contribution in [3.8, 4) is 0 Å². The van der Waals surface area contributed by atoms with Gasteiger partial charge in [-0.1, -0.05) is 387 Å². The lowest BCUT2D eigenvalue weighted by molar-refractivity contribution is -0.870. The van der Waals surface area contributed by atoms with Crippen LogP contribution in [0.1, 0.15) is 373 Å². The van der Waals surface area contributed by atoms with E-state index in [1.807, 2.05) is 21.1 Å². The summed E-state index contributed by atoms with van der Waals surface area (Å²) >= 11 is 0. The molecule has 0 aliphatic rings. The Morgan fingerprint density at radius 1 is 0.391 bits per heavy atom. The summed E-state index contributed by atoms with van der Waals surface area (Å²) in [5.74, 6) is -0.161. The zero-order chi connectivity index (χ0) is 66.9. The lowest BCUT2D eigenvalue weighted by Gasteiger charge is -2.30. The molecule has 92 heavy (non-hydrogen) atoms. The molecule has 0 aliphatic heterocycles. The van der Waals surface area contributed by atoms with E-state index in [1.165, 1.54) is 257 Å². The first-order valence-corrected chi connectivity index (χ1v) is 41.0. The number of nitrogens with one attached hydrogen (secondary N) is 1. The molecule has 3 atom stereocenters. The summed E-state index contributed by atoms with van der Waals surface area (Å²) in [6.45, 7) is 4.65. The number of rotatable bonds is 73. The number of amides is 1. The van der Waals surface area contributed by atoms with E-state index in [2.05, 4.69) is 116 Å². The third kappa shape index (κ3) is 74.8. The molecule has 0 aliphatic carbocycles. The zero-order valence-electron chi connectivity index (χ0n) is 61.5. The fourth-order valence-electron chi connectivity index (χ4n) is 11.8. The second-order valence-electron chi connectivity index (χ2n) is 28.0. The molecular weight excluding hydrogens is 1150 g/mol. The number of quaternary nitrogens is 1. The molecule has 9 heteroatoms. The highest BCUT2D eigenvalue weighted by atomic mass is 31.2. The van der Waals surface area contributed by atoms with E-state index in [1.54, 1.807) is 0 Å². The maximum absolute atomic E-state index is 13.1. The van der Waals surface area contributed by atoms with Gasteiger partial charge in [0, 0.05) is 6.42 Å². The van der Waals surface area contributed by atoms with Crippen molar-refractivity contribution >= 4 is 13.7 Å². The minimum absolute atomic E-state index is 0.0110. The largest absolute Gasteiger partial charge is 0.756 e. The van der Waals surface area contributed by atoms with Gasteiger partial charge in [0.2, 0.25) is 5.91 Å². The predicted octanol–water partition coefficient (Wildman–Crippen LogP) is 25.4. The van der Waals surface area contributed by atoms with Crippen LogP contribution in [0, 0.1) is 0 Å². The van der Waals surface area contributed by atoms with Crippen molar-refractivity contribution in [2.24, 2.45) is 0 Å². The predicted molar refractivity (Wildman–Crippen MR) is 403 cm³/mol. The molecule has 0 saturated heterocycles. The number of hydrogen-bond acceptors (Lipinski definition) is 6. The number of aliphatic hydroxyl groups excluding tert-OH is 1. The maximum atomic E-state index is 13.1. The van der Waals surface area contributed by atoms with Crippen molar-refractivity contribution in [2.75, 3.05) is 40.9 Å². The minimum atomic E-state index is -4.59. The van der Waals surface area contributed by atoms with Crippen molar-refractivity contribution in [1.29, 1.82) is 0 Å². The molecule has 0 radical (unpaired) electrons. The molecule has 536 valence electrons. The smallest absolute Gasteiger partial charge is 0.268 e. The van der Waals surface area contributed by atoms with Gasteiger partial charge < -0.3 is 28.8 Å². The lowest BCUT2D eigenvalue weighted by atomic mass is 10.0. The van der Waals surface area contributed by atoms with Crippen LogP contribution in [-0.2, 0) is 18.4 Å². The van der Waals surface area contributed by atoms with Crippen LogP contribution in [0.5, 0.6) is 0 Å². The molecule has 0 heterocycles. The van der Waals surface area contributed by atoms with E-state index >= 15 is 0 Å². The number of phosphoric acid groups is 1. The Balaban J connectivity index is 3.97. The van der Waals surface area contributed by atoms with Gasteiger partial charge in [-0.3, -0.25) is 9.36 Å². The Bertz CT molecular complexity index is 1830. The van der Waals surface area contributed by atoms with Crippen LogP contribution >= 0.6 is 7.82 Å². The molecule has 1 amide bonds. The fraction of sp³-hybridized carbons (Fsp3) is 0.795. The van der Waals surface area contributed by atoms with Crippen molar-refractivity contribution < 1.29 is 32.9 Å². The molecule has 0 saturated carbocycles. The zero-order valence-corrected chi connectivity index (χ0v) is 62.4. The number of unbranched alkanes of at least 4 members (excludes halogenated alkanes) is 44. The summed E-state index contributed by atoms with van der Waals surface area (Å²) in [5, 5.41) is 14.1. The van der Waals surface area contributed by atoms with Crippen LogP contribution < -0.4 is 10.2 Å². The number of aliphatic hydroxyl groups is 1. The van der Waals surface area contributed by atoms with Crippen molar-refractivity contribution in [1.82, 2.24) is 5.32 Å². The van der Waals surface area contributed by atoms with Gasteiger partial charge in [-0.2, -0.15) is 0 Å². The highest BCUT2D eigenvalue weighted by Gasteiger charge is 2.24. The number of allylic oxidation sites excluding steroid dienone is 16. The lowest BCUT2D eigenvalue weighted by Crippen LogP contribution is -2.46. The van der Waals surface area contributed by atoms with Gasteiger partial charge in [-0.05, 0) is 77.0 Å². The number of nitrogens with zero attached hydrogens (tertiary/aromatic N) is 1. The van der Waals surface area contributed by atoms with Gasteiger partial charge in [-0.25, -0.2) is 0 Å². The first kappa shape index (κ1) is 89.4. The molecule has 8 nitrogen and oxygen atoms in total. The third-order valence-corrected chi connectivity index (χ3v) is 18.8. The van der Waals surface area contributed by atoms with Crippen molar-refractivity contribution in [3.63, 3.8) is 0 Å². The fourth-order valence-corrected chi connectivity index (χ4v) is 12.5. The number of carbonyl (C=O) groups is 1. The molecule has 0 rings (SSSR count). The van der Waals surface area contributed by atoms with Crippen LogP contribution in [0.25, 0.3) is 0 Å². The molecule has 0 aromatic rings. The normalized spacial score (nSPS) is 14.0. The minimum Gasteiger partial charge on any atom is -0.756 e. The summed E-state index contributed by atoms with van der Waals surface area (Å²) < 4.78 is 23.6. The van der Waals surface area contributed by atoms with Crippen molar-refractivity contribution in [2.45, 2.75) is 386 Å². The summed E-state index contributed by atoms with van der Waals surface area (Å²) in [4.78, 5) is 25.7. The van der Waals surface area contributed by atoms with E-state index in [0.717, 1.165) is 89.9 Å².